The summed E-state index contributed by atoms with van der Waals surface area (Å²) in [7, 11) is 1.47. The lowest BCUT2D eigenvalue weighted by Gasteiger charge is -2.27. The van der Waals surface area contributed by atoms with Gasteiger partial charge < -0.3 is 24.8 Å². The summed E-state index contributed by atoms with van der Waals surface area (Å²) in [6.45, 7) is 5.13. The van der Waals surface area contributed by atoms with Gasteiger partial charge in [-0.1, -0.05) is 0 Å². The van der Waals surface area contributed by atoms with Crippen LogP contribution < -0.4 is 20.3 Å². The standard InChI is InChI=1S/C24H24F2N8O2/c1-13(2)34-12-29-22-19(34)9-17(31-23(22)36-3)21-16(26)10-28-24(32-21)30-14-4-5-18(15(25)8-14)33-7-6-27-11-20(33)35/h4-5,8-10,12-13,27H,6-7,11H2,1-3H3,(H,28,30,32). The molecule has 186 valence electrons. The van der Waals surface area contributed by atoms with Crippen LogP contribution in [0.1, 0.15) is 19.9 Å². The maximum Gasteiger partial charge on any atom is 0.242 e. The smallest absolute Gasteiger partial charge is 0.242 e. The molecule has 3 aromatic heterocycles. The van der Waals surface area contributed by atoms with E-state index >= 15 is 0 Å². The highest BCUT2D eigenvalue weighted by molar-refractivity contribution is 5.95. The number of ether oxygens (including phenoxy) is 1. The molecule has 1 aliphatic heterocycles. The Morgan fingerprint density at radius 2 is 1.97 bits per heavy atom. The molecule has 1 amide bonds. The molecule has 5 rings (SSSR count). The van der Waals surface area contributed by atoms with Crippen LogP contribution in [0.4, 0.5) is 26.1 Å². The molecule has 0 radical (unpaired) electrons. The number of rotatable bonds is 6. The molecule has 1 saturated heterocycles. The molecule has 0 bridgehead atoms. The van der Waals surface area contributed by atoms with E-state index in [1.807, 2.05) is 18.4 Å². The Hall–Kier alpha value is -4.19. The zero-order valence-electron chi connectivity index (χ0n) is 19.9. The summed E-state index contributed by atoms with van der Waals surface area (Å²) >= 11 is 0. The molecule has 12 heteroatoms. The van der Waals surface area contributed by atoms with Crippen LogP contribution in [0.2, 0.25) is 0 Å². The van der Waals surface area contributed by atoms with Crippen molar-refractivity contribution in [3.63, 3.8) is 0 Å². The molecule has 10 nitrogen and oxygen atoms in total. The van der Waals surface area contributed by atoms with Gasteiger partial charge in [0.2, 0.25) is 17.7 Å². The largest absolute Gasteiger partial charge is 0.479 e. The van der Waals surface area contributed by atoms with Gasteiger partial charge >= 0.3 is 0 Å². The first kappa shape index (κ1) is 23.5. The van der Waals surface area contributed by atoms with Gasteiger partial charge in [0.25, 0.3) is 0 Å². The van der Waals surface area contributed by atoms with Gasteiger partial charge in [-0.05, 0) is 38.1 Å². The second kappa shape index (κ2) is 9.46. The van der Waals surface area contributed by atoms with Crippen LogP contribution >= 0.6 is 0 Å². The molecule has 0 saturated carbocycles. The van der Waals surface area contributed by atoms with Gasteiger partial charge in [-0.2, -0.15) is 0 Å². The van der Waals surface area contributed by atoms with Crippen molar-refractivity contribution in [2.45, 2.75) is 19.9 Å². The molecule has 4 heterocycles. The lowest BCUT2D eigenvalue weighted by Crippen LogP contribution is -2.48. The lowest BCUT2D eigenvalue weighted by molar-refractivity contribution is -0.118. The van der Waals surface area contributed by atoms with Crippen molar-refractivity contribution >= 4 is 34.3 Å². The summed E-state index contributed by atoms with van der Waals surface area (Å²) < 4.78 is 37.0. The average Bonchev–Trinajstić information content (AvgIpc) is 3.30. The van der Waals surface area contributed by atoms with Crippen LogP contribution in [0.25, 0.3) is 22.4 Å². The number of fused-ring (bicyclic) bond motifs is 1. The van der Waals surface area contributed by atoms with Crippen LogP contribution in [-0.4, -0.2) is 57.2 Å². The minimum Gasteiger partial charge on any atom is -0.479 e. The van der Waals surface area contributed by atoms with Gasteiger partial charge in [-0.15, -0.1) is 0 Å². The highest BCUT2D eigenvalue weighted by Crippen LogP contribution is 2.31. The molecule has 4 aromatic rings. The number of halogens is 2. The van der Waals surface area contributed by atoms with E-state index in [1.165, 1.54) is 24.1 Å². The maximum atomic E-state index is 14.8. The number of aromatic nitrogens is 5. The van der Waals surface area contributed by atoms with Gasteiger partial charge in [-0.3, -0.25) is 4.79 Å². The first-order valence-electron chi connectivity index (χ1n) is 11.4. The van der Waals surface area contributed by atoms with Gasteiger partial charge in [0.05, 0.1) is 43.1 Å². The third-order valence-electron chi connectivity index (χ3n) is 5.85. The number of benzene rings is 1. The number of hydrogen-bond donors (Lipinski definition) is 2. The van der Waals surface area contributed by atoms with Gasteiger partial charge in [0.1, 0.15) is 11.5 Å². The number of amides is 1. The third-order valence-corrected chi connectivity index (χ3v) is 5.85. The Kier molecular flexibility index (Phi) is 6.18. The fraction of sp³-hybridized carbons (Fsp3) is 0.292. The van der Waals surface area contributed by atoms with E-state index in [9.17, 15) is 13.6 Å². The topological polar surface area (TPSA) is 110 Å². The van der Waals surface area contributed by atoms with Crippen molar-refractivity contribution in [2.75, 3.05) is 37.0 Å². The summed E-state index contributed by atoms with van der Waals surface area (Å²) in [4.78, 5) is 30.5. The molecule has 0 atom stereocenters. The van der Waals surface area contributed by atoms with Crippen LogP contribution in [0.3, 0.4) is 0 Å². The molecule has 1 aliphatic rings. The second-order valence-corrected chi connectivity index (χ2v) is 8.53. The van der Waals surface area contributed by atoms with Crippen LogP contribution in [0.5, 0.6) is 5.88 Å². The monoisotopic (exact) mass is 494 g/mol. The number of pyridine rings is 1. The van der Waals surface area contributed by atoms with E-state index in [1.54, 1.807) is 18.5 Å². The number of nitrogens with one attached hydrogen (secondary N) is 2. The first-order valence-corrected chi connectivity index (χ1v) is 11.4. The summed E-state index contributed by atoms with van der Waals surface area (Å²) in [6, 6.07) is 6.16. The number of carbonyl (C=O) groups is 1. The van der Waals surface area contributed by atoms with Gasteiger partial charge in [-0.25, -0.2) is 28.7 Å². The highest BCUT2D eigenvalue weighted by Gasteiger charge is 2.22. The Labute approximate surface area is 205 Å². The van der Waals surface area contributed by atoms with Crippen molar-refractivity contribution in [2.24, 2.45) is 0 Å². The molecule has 2 N–H and O–H groups in total. The fourth-order valence-electron chi connectivity index (χ4n) is 4.08. The first-order chi connectivity index (χ1) is 17.4. The van der Waals surface area contributed by atoms with E-state index in [2.05, 4.69) is 30.6 Å². The number of carbonyl (C=O) groups excluding carboxylic acids is 1. The summed E-state index contributed by atoms with van der Waals surface area (Å²) in [5.41, 5.74) is 2.01. The van der Waals surface area contributed by atoms with Crippen LogP contribution in [-0.2, 0) is 4.79 Å². The number of piperazine rings is 1. The molecule has 1 aromatic carbocycles. The molecular formula is C24H24F2N8O2. The minimum absolute atomic E-state index is 0.0484. The average molecular weight is 495 g/mol. The molecule has 1 fully saturated rings. The number of imidazole rings is 1. The number of hydrogen-bond acceptors (Lipinski definition) is 8. The Morgan fingerprint density at radius 1 is 1.14 bits per heavy atom. The third kappa shape index (κ3) is 4.31. The molecule has 0 unspecified atom stereocenters. The SMILES string of the molecule is COc1nc(-c2nc(Nc3ccc(N4CCNCC4=O)c(F)c3)ncc2F)cc2c1ncn2C(C)C. The van der Waals surface area contributed by atoms with Crippen LogP contribution in [0, 0.1) is 11.6 Å². The summed E-state index contributed by atoms with van der Waals surface area (Å²) in [5.74, 6) is -1.16. The van der Waals surface area contributed by atoms with E-state index < -0.39 is 11.6 Å². The number of methoxy groups -OCH3 is 1. The second-order valence-electron chi connectivity index (χ2n) is 8.53. The van der Waals surface area contributed by atoms with Gasteiger partial charge in [0, 0.05) is 24.8 Å². The lowest BCUT2D eigenvalue weighted by atomic mass is 10.2. The zero-order valence-corrected chi connectivity index (χ0v) is 19.9. The predicted molar refractivity (Wildman–Crippen MR) is 130 cm³/mol. The normalized spacial score (nSPS) is 14.1. The van der Waals surface area contributed by atoms with Crippen LogP contribution in [0.15, 0.2) is 36.8 Å². The predicted octanol–water partition coefficient (Wildman–Crippen LogP) is 3.44. The van der Waals surface area contributed by atoms with E-state index in [0.717, 1.165) is 11.7 Å². The Morgan fingerprint density at radius 3 is 2.69 bits per heavy atom. The van der Waals surface area contributed by atoms with E-state index in [0.29, 0.717) is 24.3 Å². The van der Waals surface area contributed by atoms with E-state index in [4.69, 9.17) is 4.74 Å². The maximum absolute atomic E-state index is 14.8. The van der Waals surface area contributed by atoms with Gasteiger partial charge in [0.15, 0.2) is 11.3 Å². The molecular weight excluding hydrogens is 470 g/mol. The highest BCUT2D eigenvalue weighted by atomic mass is 19.1. The van der Waals surface area contributed by atoms with Crippen molar-refractivity contribution in [3.05, 3.63) is 48.4 Å². The Balaban J connectivity index is 1.47. The molecule has 0 aliphatic carbocycles. The van der Waals surface area contributed by atoms with Crippen molar-refractivity contribution in [3.8, 4) is 17.3 Å². The van der Waals surface area contributed by atoms with Crippen molar-refractivity contribution < 1.29 is 18.3 Å². The minimum atomic E-state index is -0.677. The quantitative estimate of drug-likeness (QED) is 0.420. The number of nitrogens with zero attached hydrogens (tertiary/aromatic N) is 6. The number of anilines is 3. The summed E-state index contributed by atoms with van der Waals surface area (Å²) in [6.07, 6.45) is 2.70. The molecule has 36 heavy (non-hydrogen) atoms. The molecule has 0 spiro atoms. The Bertz CT molecular complexity index is 1460. The fourth-order valence-corrected chi connectivity index (χ4v) is 4.08. The van der Waals surface area contributed by atoms with E-state index in [-0.39, 0.29) is 47.4 Å². The zero-order chi connectivity index (χ0) is 25.4. The van der Waals surface area contributed by atoms with Crippen molar-refractivity contribution in [1.29, 1.82) is 0 Å². The summed E-state index contributed by atoms with van der Waals surface area (Å²) in [5, 5.41) is 5.85. The van der Waals surface area contributed by atoms with Crippen molar-refractivity contribution in [1.82, 2.24) is 29.8 Å².